The fraction of sp³-hybridized carbons (Fsp3) is 0.0714. The SMILES string of the molecule is [Fe+2].[Fe+2].c1cc[cH-]c1.c1cc[cH-]c1.c1ccc(N(C[c-]2cccc2)C[c-]2cccc2)cc1. The molecule has 0 aliphatic heterocycles. The molecule has 0 fully saturated rings. The van der Waals surface area contributed by atoms with Crippen LogP contribution in [0.3, 0.4) is 0 Å². The van der Waals surface area contributed by atoms with Crippen molar-refractivity contribution in [1.29, 1.82) is 0 Å². The van der Waals surface area contributed by atoms with E-state index in [2.05, 4.69) is 83.8 Å². The van der Waals surface area contributed by atoms with Crippen LogP contribution in [0.25, 0.3) is 0 Å². The number of rotatable bonds is 5. The minimum absolute atomic E-state index is 0. The van der Waals surface area contributed by atoms with E-state index < -0.39 is 0 Å². The fourth-order valence-corrected chi connectivity index (χ4v) is 3.00. The monoisotopic (exact) mass is 489 g/mol. The molecule has 31 heavy (non-hydrogen) atoms. The molecule has 5 aromatic carbocycles. The van der Waals surface area contributed by atoms with E-state index in [-0.39, 0.29) is 34.1 Å². The molecule has 160 valence electrons. The van der Waals surface area contributed by atoms with Crippen molar-refractivity contribution in [2.45, 2.75) is 13.1 Å². The van der Waals surface area contributed by atoms with Gasteiger partial charge in [-0.1, -0.05) is 18.2 Å². The summed E-state index contributed by atoms with van der Waals surface area (Å²) in [6, 6.07) is 47.7. The summed E-state index contributed by atoms with van der Waals surface area (Å²) < 4.78 is 0. The molecular weight excluding hydrogens is 462 g/mol. The molecule has 0 bridgehead atoms. The van der Waals surface area contributed by atoms with Crippen LogP contribution in [0, 0.1) is 0 Å². The van der Waals surface area contributed by atoms with Gasteiger partial charge in [-0.3, -0.25) is 0 Å². The van der Waals surface area contributed by atoms with Gasteiger partial charge < -0.3 is 4.90 Å². The van der Waals surface area contributed by atoms with Crippen molar-refractivity contribution >= 4 is 5.69 Å². The average Bonchev–Trinajstić information content (AvgIpc) is 3.58. The van der Waals surface area contributed by atoms with E-state index >= 15 is 0 Å². The van der Waals surface area contributed by atoms with Gasteiger partial charge in [0.15, 0.2) is 0 Å². The van der Waals surface area contributed by atoms with Crippen LogP contribution in [0.5, 0.6) is 0 Å². The van der Waals surface area contributed by atoms with Gasteiger partial charge in [-0.05, 0) is 25.2 Å². The van der Waals surface area contributed by atoms with Crippen LogP contribution in [0.15, 0.2) is 140 Å². The van der Waals surface area contributed by atoms with Crippen molar-refractivity contribution in [2.24, 2.45) is 0 Å². The minimum atomic E-state index is 0. The van der Waals surface area contributed by atoms with Gasteiger partial charge in [0.25, 0.3) is 0 Å². The summed E-state index contributed by atoms with van der Waals surface area (Å²) in [6.07, 6.45) is 0. The fourth-order valence-electron chi connectivity index (χ4n) is 3.00. The Bertz CT molecular complexity index is 839. The zero-order valence-electron chi connectivity index (χ0n) is 17.3. The van der Waals surface area contributed by atoms with Crippen LogP contribution < -0.4 is 4.90 Å². The topological polar surface area (TPSA) is 3.24 Å². The molecule has 0 unspecified atom stereocenters. The summed E-state index contributed by atoms with van der Waals surface area (Å²) in [7, 11) is 0. The molecule has 5 aromatic rings. The van der Waals surface area contributed by atoms with Crippen molar-refractivity contribution in [3.63, 3.8) is 0 Å². The molecule has 0 spiro atoms. The Hall–Kier alpha value is -2.54. The Labute approximate surface area is 207 Å². The van der Waals surface area contributed by atoms with Crippen LogP contribution in [0.4, 0.5) is 5.69 Å². The Kier molecular flexibility index (Phi) is 13.8. The third-order valence-corrected chi connectivity index (χ3v) is 4.44. The molecule has 0 aliphatic rings. The zero-order valence-corrected chi connectivity index (χ0v) is 19.6. The maximum absolute atomic E-state index is 2.41. The van der Waals surface area contributed by atoms with Crippen molar-refractivity contribution in [1.82, 2.24) is 0 Å². The molecule has 0 aromatic heterocycles. The summed E-state index contributed by atoms with van der Waals surface area (Å²) >= 11 is 0. The van der Waals surface area contributed by atoms with E-state index in [0.29, 0.717) is 0 Å². The van der Waals surface area contributed by atoms with Crippen LogP contribution in [0.2, 0.25) is 0 Å². The molecule has 0 heterocycles. The summed E-state index contributed by atoms with van der Waals surface area (Å²) in [5.41, 5.74) is 3.98. The Balaban J connectivity index is 0.000000331. The first-order chi connectivity index (χ1) is 14.4. The predicted octanol–water partition coefficient (Wildman–Crippen LogP) is 7.14. The second-order valence-corrected chi connectivity index (χ2v) is 6.70. The van der Waals surface area contributed by atoms with Crippen LogP contribution in [-0.2, 0) is 47.2 Å². The average molecular weight is 489 g/mol. The molecule has 0 saturated carbocycles. The first kappa shape index (κ1) is 26.5. The van der Waals surface area contributed by atoms with Gasteiger partial charge in [0, 0.05) is 5.69 Å². The van der Waals surface area contributed by atoms with Crippen LogP contribution in [-0.4, -0.2) is 0 Å². The van der Waals surface area contributed by atoms with E-state index in [4.69, 9.17) is 0 Å². The second-order valence-electron chi connectivity index (χ2n) is 6.70. The van der Waals surface area contributed by atoms with Gasteiger partial charge in [-0.15, -0.1) is 11.1 Å². The van der Waals surface area contributed by atoms with Crippen LogP contribution >= 0.6 is 0 Å². The van der Waals surface area contributed by atoms with Crippen molar-refractivity contribution < 1.29 is 34.1 Å². The molecule has 1 nitrogen and oxygen atoms in total. The number of para-hydroxylation sites is 1. The maximum Gasteiger partial charge on any atom is 2.00 e. The molecule has 0 radical (unpaired) electrons. The molecule has 5 rings (SSSR count). The van der Waals surface area contributed by atoms with Crippen molar-refractivity contribution in [3.8, 4) is 0 Å². The first-order valence-corrected chi connectivity index (χ1v) is 9.96. The molecule has 0 aliphatic carbocycles. The van der Waals surface area contributed by atoms with Crippen LogP contribution in [0.1, 0.15) is 11.1 Å². The second kappa shape index (κ2) is 16.2. The summed E-state index contributed by atoms with van der Waals surface area (Å²) in [6.45, 7) is 1.89. The third-order valence-electron chi connectivity index (χ3n) is 4.44. The van der Waals surface area contributed by atoms with Gasteiger partial charge in [0.2, 0.25) is 0 Å². The van der Waals surface area contributed by atoms with E-state index in [1.807, 2.05) is 60.7 Å². The third kappa shape index (κ3) is 10.4. The quantitative estimate of drug-likeness (QED) is 0.188. The Morgan fingerprint density at radius 2 is 0.903 bits per heavy atom. The summed E-state index contributed by atoms with van der Waals surface area (Å²) in [5, 5.41) is 0. The molecule has 0 atom stereocenters. The Morgan fingerprint density at radius 1 is 0.516 bits per heavy atom. The number of nitrogens with zero attached hydrogens (tertiary/aromatic N) is 1. The Morgan fingerprint density at radius 3 is 1.23 bits per heavy atom. The van der Waals surface area contributed by atoms with Crippen molar-refractivity contribution in [3.05, 3.63) is 151 Å². The molecule has 0 N–H and O–H groups in total. The van der Waals surface area contributed by atoms with E-state index in [1.54, 1.807) is 0 Å². The van der Waals surface area contributed by atoms with Gasteiger partial charge >= 0.3 is 34.1 Å². The van der Waals surface area contributed by atoms with E-state index in [1.165, 1.54) is 16.8 Å². The molecule has 3 heteroatoms. The standard InChI is InChI=1S/C18H17N.2C5H5.2Fe/c1-2-12-18(13-3-1)19(14-16-8-4-5-9-16)15-17-10-6-7-11-17;2*1-2-4-5-3-1;;/h1-13H,14-15H2;2*1-5H;;/q-2;2*-1;2*+2. The number of benzene rings is 1. The van der Waals surface area contributed by atoms with Gasteiger partial charge in [0.05, 0.1) is 0 Å². The summed E-state index contributed by atoms with van der Waals surface area (Å²) in [4.78, 5) is 2.41. The van der Waals surface area contributed by atoms with E-state index in [0.717, 1.165) is 13.1 Å². The number of hydrogen-bond donors (Lipinski definition) is 0. The van der Waals surface area contributed by atoms with Gasteiger partial charge in [-0.2, -0.15) is 60.7 Å². The normalized spacial score (nSPS) is 9.03. The van der Waals surface area contributed by atoms with Crippen molar-refractivity contribution in [2.75, 3.05) is 4.90 Å². The summed E-state index contributed by atoms with van der Waals surface area (Å²) in [5.74, 6) is 0. The number of hydrogen-bond acceptors (Lipinski definition) is 1. The zero-order chi connectivity index (χ0) is 20.0. The molecule has 0 amide bonds. The van der Waals surface area contributed by atoms with E-state index in [9.17, 15) is 0 Å². The van der Waals surface area contributed by atoms with Gasteiger partial charge in [0.1, 0.15) is 0 Å². The molecular formula is C28H27Fe2N. The first-order valence-electron chi connectivity index (χ1n) is 9.96. The predicted molar refractivity (Wildman–Crippen MR) is 124 cm³/mol. The smallest absolute Gasteiger partial charge is 0.386 e. The van der Waals surface area contributed by atoms with Gasteiger partial charge in [-0.25, -0.2) is 48.5 Å². The maximum atomic E-state index is 2.41. The largest absolute Gasteiger partial charge is 2.00 e. The minimum Gasteiger partial charge on any atom is -0.386 e. The molecule has 0 saturated heterocycles. The number of anilines is 1.